The van der Waals surface area contributed by atoms with Crippen molar-refractivity contribution in [1.82, 2.24) is 5.32 Å². The molecule has 0 saturated heterocycles. The summed E-state index contributed by atoms with van der Waals surface area (Å²) >= 11 is 0. The summed E-state index contributed by atoms with van der Waals surface area (Å²) < 4.78 is 11.4. The molecule has 1 amide bonds. The number of fused-ring (bicyclic) bond motifs is 1. The van der Waals surface area contributed by atoms with E-state index in [1.165, 1.54) is 0 Å². The molecule has 0 bridgehead atoms. The lowest BCUT2D eigenvalue weighted by Crippen LogP contribution is -2.51. The number of nitrogens with one attached hydrogen (secondary N) is 1. The molecular formula is C15H22N2O3. The van der Waals surface area contributed by atoms with Crippen LogP contribution in [0.2, 0.25) is 0 Å². The third kappa shape index (κ3) is 3.42. The Morgan fingerprint density at radius 2 is 2.05 bits per heavy atom. The van der Waals surface area contributed by atoms with Crippen LogP contribution in [0.25, 0.3) is 0 Å². The molecule has 1 aromatic rings. The van der Waals surface area contributed by atoms with Gasteiger partial charge in [0, 0.05) is 0 Å². The fourth-order valence-electron chi connectivity index (χ4n) is 1.88. The highest BCUT2D eigenvalue weighted by atomic mass is 16.6. The lowest BCUT2D eigenvalue weighted by molar-refractivity contribution is -0.125. The second-order valence-electron chi connectivity index (χ2n) is 6.09. The second kappa shape index (κ2) is 5.71. The number of rotatable bonds is 3. The molecule has 0 aromatic heterocycles. The summed E-state index contributed by atoms with van der Waals surface area (Å²) in [6.07, 6.45) is -0.194. The molecule has 20 heavy (non-hydrogen) atoms. The van der Waals surface area contributed by atoms with Crippen molar-refractivity contribution in [2.24, 2.45) is 11.1 Å². The van der Waals surface area contributed by atoms with E-state index in [4.69, 9.17) is 15.2 Å². The number of hydrogen-bond donors (Lipinski definition) is 2. The van der Waals surface area contributed by atoms with Gasteiger partial charge in [-0.25, -0.2) is 0 Å². The van der Waals surface area contributed by atoms with Crippen LogP contribution in [0.3, 0.4) is 0 Å². The standard InChI is InChI=1S/C15H22N2O3/c1-15(2,3)13(16)14(18)17-8-10-9-19-11-6-4-5-7-12(11)20-10/h4-7,10,13H,8-9,16H2,1-3H3,(H,17,18)/t10?,13-/m1/s1. The Kier molecular flexibility index (Phi) is 4.18. The average Bonchev–Trinajstić information content (AvgIpc) is 2.42. The molecule has 110 valence electrons. The Bertz CT molecular complexity index is 482. The summed E-state index contributed by atoms with van der Waals surface area (Å²) in [5.74, 6) is 1.28. The summed E-state index contributed by atoms with van der Waals surface area (Å²) in [5.41, 5.74) is 5.64. The van der Waals surface area contributed by atoms with Crippen LogP contribution in [-0.2, 0) is 4.79 Å². The van der Waals surface area contributed by atoms with Crippen LogP contribution in [-0.4, -0.2) is 31.2 Å². The topological polar surface area (TPSA) is 73.6 Å². The Morgan fingerprint density at radius 3 is 2.70 bits per heavy atom. The van der Waals surface area contributed by atoms with Gasteiger partial charge in [-0.1, -0.05) is 32.9 Å². The lowest BCUT2D eigenvalue weighted by Gasteiger charge is -2.29. The number of amides is 1. The monoisotopic (exact) mass is 278 g/mol. The molecule has 1 unspecified atom stereocenters. The first-order chi connectivity index (χ1) is 9.38. The molecule has 0 radical (unpaired) electrons. The highest BCUT2D eigenvalue weighted by molar-refractivity contribution is 5.82. The van der Waals surface area contributed by atoms with Crippen LogP contribution in [0.1, 0.15) is 20.8 Å². The van der Waals surface area contributed by atoms with Crippen LogP contribution in [0, 0.1) is 5.41 Å². The van der Waals surface area contributed by atoms with E-state index >= 15 is 0 Å². The van der Waals surface area contributed by atoms with Crippen molar-refractivity contribution in [3.63, 3.8) is 0 Å². The first-order valence-electron chi connectivity index (χ1n) is 6.79. The highest BCUT2D eigenvalue weighted by Gasteiger charge is 2.28. The van der Waals surface area contributed by atoms with Gasteiger partial charge >= 0.3 is 0 Å². The van der Waals surface area contributed by atoms with Crippen molar-refractivity contribution >= 4 is 5.91 Å². The zero-order chi connectivity index (χ0) is 14.8. The minimum atomic E-state index is -0.542. The normalized spacial score (nSPS) is 19.3. The van der Waals surface area contributed by atoms with Gasteiger partial charge in [0.2, 0.25) is 5.91 Å². The van der Waals surface area contributed by atoms with Gasteiger partial charge in [-0.3, -0.25) is 4.79 Å². The number of nitrogens with two attached hydrogens (primary N) is 1. The molecule has 1 heterocycles. The molecule has 0 fully saturated rings. The van der Waals surface area contributed by atoms with E-state index < -0.39 is 6.04 Å². The molecule has 2 atom stereocenters. The van der Waals surface area contributed by atoms with Crippen LogP contribution in [0.4, 0.5) is 0 Å². The molecule has 0 saturated carbocycles. The number of para-hydroxylation sites is 2. The Labute approximate surface area is 119 Å². The van der Waals surface area contributed by atoms with Crippen LogP contribution < -0.4 is 20.5 Å². The summed E-state index contributed by atoms with van der Waals surface area (Å²) in [4.78, 5) is 11.9. The van der Waals surface area contributed by atoms with Crippen LogP contribution in [0.15, 0.2) is 24.3 Å². The van der Waals surface area contributed by atoms with Gasteiger partial charge in [0.15, 0.2) is 11.5 Å². The van der Waals surface area contributed by atoms with E-state index in [2.05, 4.69) is 5.32 Å². The van der Waals surface area contributed by atoms with Gasteiger partial charge < -0.3 is 20.5 Å². The molecule has 1 aliphatic rings. The summed E-state index contributed by atoms with van der Waals surface area (Å²) in [6, 6.07) is 6.95. The number of carbonyl (C=O) groups excluding carboxylic acids is 1. The van der Waals surface area contributed by atoms with E-state index in [-0.39, 0.29) is 17.4 Å². The van der Waals surface area contributed by atoms with Crippen molar-refractivity contribution < 1.29 is 14.3 Å². The van der Waals surface area contributed by atoms with Gasteiger partial charge in [-0.05, 0) is 17.5 Å². The third-order valence-corrected chi connectivity index (χ3v) is 3.29. The second-order valence-corrected chi connectivity index (χ2v) is 6.09. The fraction of sp³-hybridized carbons (Fsp3) is 0.533. The summed E-state index contributed by atoms with van der Waals surface area (Å²) in [6.45, 7) is 6.62. The number of carbonyl (C=O) groups is 1. The SMILES string of the molecule is CC(C)(C)[C@H](N)C(=O)NCC1COc2ccccc2O1. The average molecular weight is 278 g/mol. The first-order valence-corrected chi connectivity index (χ1v) is 6.79. The van der Waals surface area contributed by atoms with E-state index in [9.17, 15) is 4.79 Å². The highest BCUT2D eigenvalue weighted by Crippen LogP contribution is 2.30. The minimum Gasteiger partial charge on any atom is -0.486 e. The quantitative estimate of drug-likeness (QED) is 0.874. The Morgan fingerprint density at radius 1 is 1.40 bits per heavy atom. The number of ether oxygens (including phenoxy) is 2. The van der Waals surface area contributed by atoms with Crippen molar-refractivity contribution in [1.29, 1.82) is 0 Å². The number of hydrogen-bond acceptors (Lipinski definition) is 4. The first kappa shape index (κ1) is 14.7. The smallest absolute Gasteiger partial charge is 0.237 e. The van der Waals surface area contributed by atoms with Crippen molar-refractivity contribution in [2.45, 2.75) is 32.9 Å². The van der Waals surface area contributed by atoms with Crippen LogP contribution >= 0.6 is 0 Å². The predicted octanol–water partition coefficient (Wildman–Crippen LogP) is 1.32. The number of benzene rings is 1. The van der Waals surface area contributed by atoms with Gasteiger partial charge in [0.1, 0.15) is 12.7 Å². The minimum absolute atomic E-state index is 0.167. The zero-order valence-electron chi connectivity index (χ0n) is 12.2. The maximum absolute atomic E-state index is 11.9. The van der Waals surface area contributed by atoms with Gasteiger partial charge in [-0.2, -0.15) is 0 Å². The molecule has 2 rings (SSSR count). The van der Waals surface area contributed by atoms with E-state index in [1.54, 1.807) is 0 Å². The zero-order valence-corrected chi connectivity index (χ0v) is 12.2. The van der Waals surface area contributed by atoms with Gasteiger partial charge in [-0.15, -0.1) is 0 Å². The van der Waals surface area contributed by atoms with Gasteiger partial charge in [0.05, 0.1) is 12.6 Å². The largest absolute Gasteiger partial charge is 0.486 e. The molecule has 3 N–H and O–H groups in total. The summed E-state index contributed by atoms with van der Waals surface area (Å²) in [7, 11) is 0. The Balaban J connectivity index is 1.86. The van der Waals surface area contributed by atoms with Crippen molar-refractivity contribution in [3.05, 3.63) is 24.3 Å². The van der Waals surface area contributed by atoms with Gasteiger partial charge in [0.25, 0.3) is 0 Å². The maximum Gasteiger partial charge on any atom is 0.237 e. The summed E-state index contributed by atoms with van der Waals surface area (Å²) in [5, 5.41) is 2.82. The van der Waals surface area contributed by atoms with E-state index in [0.717, 1.165) is 5.75 Å². The Hall–Kier alpha value is -1.75. The fourth-order valence-corrected chi connectivity index (χ4v) is 1.88. The lowest BCUT2D eigenvalue weighted by atomic mass is 9.87. The molecule has 1 aromatic carbocycles. The van der Waals surface area contributed by atoms with E-state index in [1.807, 2.05) is 45.0 Å². The molecule has 0 aliphatic carbocycles. The maximum atomic E-state index is 11.9. The van der Waals surface area contributed by atoms with E-state index in [0.29, 0.717) is 18.9 Å². The van der Waals surface area contributed by atoms with Crippen LogP contribution in [0.5, 0.6) is 11.5 Å². The third-order valence-electron chi connectivity index (χ3n) is 3.29. The molecule has 5 nitrogen and oxygen atoms in total. The van der Waals surface area contributed by atoms with Crippen molar-refractivity contribution in [3.8, 4) is 11.5 Å². The molecular weight excluding hydrogens is 256 g/mol. The molecule has 0 spiro atoms. The molecule has 5 heteroatoms. The van der Waals surface area contributed by atoms with Crippen molar-refractivity contribution in [2.75, 3.05) is 13.2 Å². The predicted molar refractivity (Wildman–Crippen MR) is 76.8 cm³/mol. The molecule has 1 aliphatic heterocycles.